The van der Waals surface area contributed by atoms with Gasteiger partial charge in [-0.1, -0.05) is 11.3 Å². The fourth-order valence-electron chi connectivity index (χ4n) is 3.33. The van der Waals surface area contributed by atoms with Crippen molar-refractivity contribution in [1.82, 2.24) is 10.3 Å². The van der Waals surface area contributed by atoms with E-state index in [1.54, 1.807) is 0 Å². The first-order valence-corrected chi connectivity index (χ1v) is 9.17. The summed E-state index contributed by atoms with van der Waals surface area (Å²) >= 11 is 1.42. The summed E-state index contributed by atoms with van der Waals surface area (Å²) < 4.78 is 11.5. The molecule has 0 aliphatic carbocycles. The second-order valence-electron chi connectivity index (χ2n) is 6.27. The van der Waals surface area contributed by atoms with Gasteiger partial charge in [0.25, 0.3) is 5.91 Å². The summed E-state index contributed by atoms with van der Waals surface area (Å²) in [6, 6.07) is 0.165. The second-order valence-corrected chi connectivity index (χ2v) is 7.27. The van der Waals surface area contributed by atoms with Crippen molar-refractivity contribution < 1.29 is 14.3 Å². The van der Waals surface area contributed by atoms with Gasteiger partial charge in [0.2, 0.25) is 0 Å². The van der Waals surface area contributed by atoms with Crippen molar-refractivity contribution in [3.8, 4) is 0 Å². The molecule has 2 aliphatic rings. The molecule has 2 aliphatic heterocycles. The molecule has 7 heteroatoms. The van der Waals surface area contributed by atoms with Gasteiger partial charge in [-0.25, -0.2) is 4.98 Å². The Labute approximate surface area is 141 Å². The van der Waals surface area contributed by atoms with Gasteiger partial charge in [-0.2, -0.15) is 0 Å². The zero-order valence-corrected chi connectivity index (χ0v) is 14.6. The standard InChI is InChI=1S/C16H25N3O3S/c1-3-17-15-18-11(2)13(23-15)14(20)19-12-4-7-22-16(10-12)5-8-21-9-6-16/h12H,3-10H2,1-2H3,(H,17,18)(H,19,20). The van der Waals surface area contributed by atoms with Crippen LogP contribution >= 0.6 is 11.3 Å². The maximum absolute atomic E-state index is 12.6. The predicted octanol–water partition coefficient (Wildman–Crippen LogP) is 2.34. The lowest BCUT2D eigenvalue weighted by Crippen LogP contribution is -2.51. The molecule has 1 aromatic rings. The number of aryl methyl sites for hydroxylation is 1. The average Bonchev–Trinajstić information content (AvgIpc) is 2.89. The van der Waals surface area contributed by atoms with E-state index in [1.165, 1.54) is 11.3 Å². The van der Waals surface area contributed by atoms with Crippen LogP contribution in [-0.2, 0) is 9.47 Å². The highest BCUT2D eigenvalue weighted by molar-refractivity contribution is 7.17. The number of rotatable bonds is 4. The third kappa shape index (κ3) is 3.84. The minimum Gasteiger partial charge on any atom is -0.381 e. The Morgan fingerprint density at radius 3 is 2.91 bits per heavy atom. The molecule has 1 aromatic heterocycles. The highest BCUT2D eigenvalue weighted by atomic mass is 32.1. The summed E-state index contributed by atoms with van der Waals surface area (Å²) in [6.07, 6.45) is 3.58. The lowest BCUT2D eigenvalue weighted by Gasteiger charge is -2.43. The van der Waals surface area contributed by atoms with Crippen LogP contribution in [0.4, 0.5) is 5.13 Å². The van der Waals surface area contributed by atoms with Crippen LogP contribution in [0.25, 0.3) is 0 Å². The van der Waals surface area contributed by atoms with Gasteiger partial charge in [0.1, 0.15) is 4.88 Å². The minimum atomic E-state index is -0.105. The molecule has 0 aromatic carbocycles. The van der Waals surface area contributed by atoms with E-state index in [9.17, 15) is 4.79 Å². The van der Waals surface area contributed by atoms with Crippen LogP contribution in [0.1, 0.15) is 48.0 Å². The zero-order chi connectivity index (χ0) is 16.3. The highest BCUT2D eigenvalue weighted by Gasteiger charge is 2.39. The van der Waals surface area contributed by atoms with Crippen LogP contribution in [0.15, 0.2) is 0 Å². The summed E-state index contributed by atoms with van der Waals surface area (Å²) in [7, 11) is 0. The SMILES string of the molecule is CCNc1nc(C)c(C(=O)NC2CCOC3(CCOCC3)C2)s1. The topological polar surface area (TPSA) is 72.5 Å². The van der Waals surface area contributed by atoms with E-state index in [2.05, 4.69) is 15.6 Å². The number of ether oxygens (including phenoxy) is 2. The first-order valence-electron chi connectivity index (χ1n) is 8.36. The van der Waals surface area contributed by atoms with Crippen LogP contribution in [0.5, 0.6) is 0 Å². The number of anilines is 1. The molecule has 0 bridgehead atoms. The number of nitrogens with zero attached hydrogens (tertiary/aromatic N) is 1. The van der Waals surface area contributed by atoms with Crippen molar-refractivity contribution in [2.75, 3.05) is 31.7 Å². The number of amides is 1. The van der Waals surface area contributed by atoms with Crippen molar-refractivity contribution in [3.05, 3.63) is 10.6 Å². The Bertz CT molecular complexity index is 549. The van der Waals surface area contributed by atoms with Crippen LogP contribution in [-0.4, -0.2) is 48.9 Å². The Balaban J connectivity index is 1.63. The third-order valence-corrected chi connectivity index (χ3v) is 5.68. The van der Waals surface area contributed by atoms with Crippen molar-refractivity contribution >= 4 is 22.4 Å². The first kappa shape index (κ1) is 16.7. The second kappa shape index (κ2) is 7.15. The van der Waals surface area contributed by atoms with Gasteiger partial charge in [-0.3, -0.25) is 4.79 Å². The van der Waals surface area contributed by atoms with E-state index in [4.69, 9.17) is 9.47 Å². The largest absolute Gasteiger partial charge is 0.381 e. The van der Waals surface area contributed by atoms with E-state index in [0.29, 0.717) is 11.5 Å². The Hall–Kier alpha value is -1.18. The van der Waals surface area contributed by atoms with Crippen molar-refractivity contribution in [2.24, 2.45) is 0 Å². The summed E-state index contributed by atoms with van der Waals surface area (Å²) in [5.41, 5.74) is 0.683. The predicted molar refractivity (Wildman–Crippen MR) is 90.2 cm³/mol. The van der Waals surface area contributed by atoms with E-state index in [-0.39, 0.29) is 17.6 Å². The molecule has 2 fully saturated rings. The van der Waals surface area contributed by atoms with E-state index >= 15 is 0 Å². The number of carbonyl (C=O) groups excluding carboxylic acids is 1. The monoisotopic (exact) mass is 339 g/mol. The molecule has 6 nitrogen and oxygen atoms in total. The molecule has 3 rings (SSSR count). The lowest BCUT2D eigenvalue weighted by atomic mass is 9.84. The molecule has 0 saturated carbocycles. The first-order chi connectivity index (χ1) is 11.1. The fraction of sp³-hybridized carbons (Fsp3) is 0.750. The van der Waals surface area contributed by atoms with E-state index < -0.39 is 0 Å². The van der Waals surface area contributed by atoms with Gasteiger partial charge in [0.05, 0.1) is 11.3 Å². The van der Waals surface area contributed by atoms with E-state index in [0.717, 1.165) is 56.3 Å². The zero-order valence-electron chi connectivity index (χ0n) is 13.8. The van der Waals surface area contributed by atoms with Crippen LogP contribution in [0.3, 0.4) is 0 Å². The summed E-state index contributed by atoms with van der Waals surface area (Å²) in [6.45, 7) is 6.91. The van der Waals surface area contributed by atoms with Gasteiger partial charge in [-0.15, -0.1) is 0 Å². The molecular formula is C16H25N3O3S. The smallest absolute Gasteiger partial charge is 0.263 e. The number of hydrogen-bond donors (Lipinski definition) is 2. The molecule has 2 saturated heterocycles. The number of aromatic nitrogens is 1. The molecule has 1 amide bonds. The van der Waals surface area contributed by atoms with Crippen LogP contribution in [0.2, 0.25) is 0 Å². The Kier molecular flexibility index (Phi) is 5.18. The molecule has 128 valence electrons. The highest BCUT2D eigenvalue weighted by Crippen LogP contribution is 2.34. The fourth-order valence-corrected chi connectivity index (χ4v) is 4.27. The maximum atomic E-state index is 12.6. The molecule has 3 heterocycles. The van der Waals surface area contributed by atoms with Gasteiger partial charge < -0.3 is 20.1 Å². The third-order valence-electron chi connectivity index (χ3n) is 4.56. The summed E-state index contributed by atoms with van der Waals surface area (Å²) in [4.78, 5) is 17.7. The molecule has 1 atom stereocenters. The minimum absolute atomic E-state index is 0.0155. The van der Waals surface area contributed by atoms with Crippen molar-refractivity contribution in [3.63, 3.8) is 0 Å². The van der Waals surface area contributed by atoms with Crippen molar-refractivity contribution in [1.29, 1.82) is 0 Å². The normalized spacial score (nSPS) is 23.7. The Morgan fingerprint density at radius 1 is 1.39 bits per heavy atom. The van der Waals surface area contributed by atoms with Gasteiger partial charge >= 0.3 is 0 Å². The van der Waals surface area contributed by atoms with Crippen LogP contribution in [0, 0.1) is 6.92 Å². The molecule has 1 spiro atoms. The number of hydrogen-bond acceptors (Lipinski definition) is 6. The van der Waals surface area contributed by atoms with Gasteiger partial charge in [0.15, 0.2) is 5.13 Å². The summed E-state index contributed by atoms with van der Waals surface area (Å²) in [5, 5.41) is 7.16. The molecule has 23 heavy (non-hydrogen) atoms. The molecule has 2 N–H and O–H groups in total. The Morgan fingerprint density at radius 2 is 2.17 bits per heavy atom. The van der Waals surface area contributed by atoms with Gasteiger partial charge in [0, 0.05) is 32.4 Å². The van der Waals surface area contributed by atoms with Crippen molar-refractivity contribution in [2.45, 2.75) is 51.2 Å². The molecule has 0 radical (unpaired) electrons. The number of thiazole rings is 1. The molecule has 1 unspecified atom stereocenters. The van der Waals surface area contributed by atoms with Crippen LogP contribution < -0.4 is 10.6 Å². The summed E-state index contributed by atoms with van der Waals surface area (Å²) in [5.74, 6) is -0.0155. The number of nitrogens with one attached hydrogen (secondary N) is 2. The maximum Gasteiger partial charge on any atom is 0.263 e. The quantitative estimate of drug-likeness (QED) is 0.881. The number of carbonyl (C=O) groups is 1. The van der Waals surface area contributed by atoms with Gasteiger partial charge in [-0.05, 0) is 39.5 Å². The average molecular weight is 339 g/mol. The molecular weight excluding hydrogens is 314 g/mol. The lowest BCUT2D eigenvalue weighted by molar-refractivity contribution is -0.139. The van der Waals surface area contributed by atoms with E-state index in [1.807, 2.05) is 13.8 Å².